The Balaban J connectivity index is 1.36. The fourth-order valence-corrected chi connectivity index (χ4v) is 4.62. The second-order valence-electron chi connectivity index (χ2n) is 9.24. The molecule has 0 aromatic heterocycles. The van der Waals surface area contributed by atoms with E-state index in [1.165, 1.54) is 5.57 Å². The zero-order valence-electron chi connectivity index (χ0n) is 19.4. The average molecular weight is 442 g/mol. The molecule has 3 unspecified atom stereocenters. The highest BCUT2D eigenvalue weighted by Crippen LogP contribution is 2.37. The number of hydrogen-bond acceptors (Lipinski definition) is 4. The van der Waals surface area contributed by atoms with Gasteiger partial charge in [-0.1, -0.05) is 42.2 Å². The average Bonchev–Trinajstić information content (AvgIpc) is 3.38. The second-order valence-corrected chi connectivity index (χ2v) is 9.24. The molecule has 1 saturated carbocycles. The molecular weight excluding hydrogens is 410 g/mol. The number of carbonyl (C=O) groups is 1. The zero-order chi connectivity index (χ0) is 23.4. The van der Waals surface area contributed by atoms with Gasteiger partial charge in [-0.15, -0.1) is 0 Å². The van der Waals surface area contributed by atoms with Crippen LogP contribution in [0, 0.1) is 29.6 Å². The van der Waals surface area contributed by atoms with Crippen LogP contribution in [-0.2, 0) is 9.53 Å². The molecule has 0 spiro atoms. The van der Waals surface area contributed by atoms with Crippen LogP contribution in [0.2, 0.25) is 0 Å². The lowest BCUT2D eigenvalue weighted by molar-refractivity contribution is -0.112. The lowest BCUT2D eigenvalue weighted by Gasteiger charge is -2.21. The minimum Gasteiger partial charge on any atom is -0.461 e. The summed E-state index contributed by atoms with van der Waals surface area (Å²) in [4.78, 5) is 15.5. The number of hydrogen-bond donors (Lipinski definition) is 1. The van der Waals surface area contributed by atoms with E-state index in [0.29, 0.717) is 11.8 Å². The molecule has 1 N–H and O–H groups in total. The van der Waals surface area contributed by atoms with Gasteiger partial charge in [0.15, 0.2) is 5.78 Å². The van der Waals surface area contributed by atoms with E-state index < -0.39 is 6.10 Å². The first-order valence-corrected chi connectivity index (χ1v) is 11.7. The normalized spacial score (nSPS) is 26.3. The Hall–Kier alpha value is -3.16. The van der Waals surface area contributed by atoms with Gasteiger partial charge in [-0.05, 0) is 76.2 Å². The summed E-state index contributed by atoms with van der Waals surface area (Å²) < 4.78 is 5.99. The number of ketones is 1. The van der Waals surface area contributed by atoms with E-state index in [4.69, 9.17) is 4.74 Å². The highest BCUT2D eigenvalue weighted by molar-refractivity contribution is 5.89. The number of ether oxygens (including phenoxy) is 1. The largest absolute Gasteiger partial charge is 0.461 e. The van der Waals surface area contributed by atoms with Crippen LogP contribution in [0.25, 0.3) is 5.76 Å². The molecule has 4 nitrogen and oxygen atoms in total. The van der Waals surface area contributed by atoms with Crippen LogP contribution in [0.4, 0.5) is 0 Å². The van der Waals surface area contributed by atoms with Gasteiger partial charge < -0.3 is 9.84 Å². The molecule has 1 aromatic carbocycles. The number of carbonyl (C=O) groups excluding carboxylic acids is 1. The van der Waals surface area contributed by atoms with Gasteiger partial charge in [0.05, 0.1) is 6.10 Å². The highest BCUT2D eigenvalue weighted by atomic mass is 16.5. The number of allylic oxidation sites excluding steroid dienone is 4. The second kappa shape index (κ2) is 10.2. The van der Waals surface area contributed by atoms with E-state index >= 15 is 0 Å². The van der Waals surface area contributed by atoms with Crippen molar-refractivity contribution in [1.82, 2.24) is 0 Å². The molecule has 0 radical (unpaired) electrons. The topological polar surface area (TPSA) is 58.9 Å². The first kappa shape index (κ1) is 23.0. The Morgan fingerprint density at radius 3 is 2.85 bits per heavy atom. The molecule has 2 heterocycles. The van der Waals surface area contributed by atoms with E-state index in [2.05, 4.69) is 35.6 Å². The molecule has 3 aliphatic rings. The van der Waals surface area contributed by atoms with E-state index in [9.17, 15) is 9.90 Å². The van der Waals surface area contributed by atoms with Crippen molar-refractivity contribution in [3.8, 4) is 11.8 Å². The molecule has 2 aliphatic heterocycles. The van der Waals surface area contributed by atoms with Crippen LogP contribution in [0.1, 0.15) is 57.1 Å². The van der Waals surface area contributed by atoms with Crippen LogP contribution in [0.3, 0.4) is 0 Å². The maximum absolute atomic E-state index is 11.3. The molecule has 0 saturated heterocycles. The van der Waals surface area contributed by atoms with Gasteiger partial charge in [-0.25, -0.2) is 0 Å². The van der Waals surface area contributed by atoms with Crippen molar-refractivity contribution < 1.29 is 14.6 Å². The molecule has 1 fully saturated rings. The summed E-state index contributed by atoms with van der Waals surface area (Å²) >= 11 is 0. The smallest absolute Gasteiger partial charge is 0.152 e. The summed E-state index contributed by atoms with van der Waals surface area (Å²) in [5, 5.41) is 9.82. The van der Waals surface area contributed by atoms with Crippen molar-refractivity contribution in [2.75, 3.05) is 0 Å². The van der Waals surface area contributed by atoms with Crippen LogP contribution in [0.15, 0.2) is 71.6 Å². The molecule has 170 valence electrons. The lowest BCUT2D eigenvalue weighted by atomic mass is 9.87. The molecule has 1 aromatic rings. The zero-order valence-corrected chi connectivity index (χ0v) is 19.4. The van der Waals surface area contributed by atoms with Gasteiger partial charge in [0, 0.05) is 34.9 Å². The Morgan fingerprint density at radius 1 is 1.33 bits per heavy atom. The number of aliphatic hydroxyl groups excluding tert-OH is 1. The number of aliphatic imine (C=N–C) groups is 1. The monoisotopic (exact) mass is 441 g/mol. The van der Waals surface area contributed by atoms with Gasteiger partial charge in [-0.3, -0.25) is 9.79 Å². The van der Waals surface area contributed by atoms with E-state index in [0.717, 1.165) is 60.5 Å². The standard InChI is InChI=1S/C29H31NO3/c1-19(31)14-24-7-6-23(15-24)5-4-22-8-10-26(11-9-22)29-18-27(21(3)33-29)16-25-12-13-30-28(17-25)20(2)32/h8-14,18,20,23,25,27,32H,3,6-7,15-17H2,1-2H3/b24-14-/t20-,23?,25?,27?/m0/s1. The summed E-state index contributed by atoms with van der Waals surface area (Å²) in [6.45, 7) is 7.48. The summed E-state index contributed by atoms with van der Waals surface area (Å²) in [6.07, 6.45) is 11.8. The number of aliphatic hydroxyl groups is 1. The van der Waals surface area contributed by atoms with E-state index in [1.807, 2.05) is 24.3 Å². The van der Waals surface area contributed by atoms with E-state index in [1.54, 1.807) is 26.1 Å². The Bertz CT molecular complexity index is 1110. The molecule has 4 rings (SSSR count). The lowest BCUT2D eigenvalue weighted by Crippen LogP contribution is -2.22. The van der Waals surface area contributed by atoms with Gasteiger partial charge in [-0.2, -0.15) is 0 Å². The van der Waals surface area contributed by atoms with Crippen molar-refractivity contribution in [3.63, 3.8) is 0 Å². The first-order valence-electron chi connectivity index (χ1n) is 11.7. The fourth-order valence-electron chi connectivity index (χ4n) is 4.62. The summed E-state index contributed by atoms with van der Waals surface area (Å²) in [7, 11) is 0. The molecule has 0 amide bonds. The molecule has 4 atom stereocenters. The minimum absolute atomic E-state index is 0.121. The molecular formula is C29H31NO3. The molecule has 0 bridgehead atoms. The van der Waals surface area contributed by atoms with Gasteiger partial charge in [0.2, 0.25) is 0 Å². The summed E-state index contributed by atoms with van der Waals surface area (Å²) in [6, 6.07) is 8.14. The summed E-state index contributed by atoms with van der Waals surface area (Å²) in [5.74, 6) is 9.15. The van der Waals surface area contributed by atoms with Gasteiger partial charge >= 0.3 is 0 Å². The van der Waals surface area contributed by atoms with Crippen LogP contribution in [-0.4, -0.2) is 22.7 Å². The summed E-state index contributed by atoms with van der Waals surface area (Å²) in [5.41, 5.74) is 4.04. The Labute approximate surface area is 196 Å². The maximum Gasteiger partial charge on any atom is 0.152 e. The Kier molecular flexibility index (Phi) is 7.11. The van der Waals surface area contributed by atoms with Gasteiger partial charge in [0.25, 0.3) is 0 Å². The number of benzene rings is 1. The molecule has 33 heavy (non-hydrogen) atoms. The van der Waals surface area contributed by atoms with Crippen molar-refractivity contribution >= 4 is 17.3 Å². The predicted molar refractivity (Wildman–Crippen MR) is 132 cm³/mol. The van der Waals surface area contributed by atoms with Crippen molar-refractivity contribution in [1.29, 1.82) is 0 Å². The molecule has 1 aliphatic carbocycles. The van der Waals surface area contributed by atoms with Crippen LogP contribution < -0.4 is 0 Å². The molecule has 4 heteroatoms. The van der Waals surface area contributed by atoms with Crippen molar-refractivity contribution in [2.24, 2.45) is 22.7 Å². The van der Waals surface area contributed by atoms with Gasteiger partial charge in [0.1, 0.15) is 11.5 Å². The fraction of sp³-hybridized carbons (Fsp3) is 0.379. The van der Waals surface area contributed by atoms with Crippen LogP contribution in [0.5, 0.6) is 0 Å². The third kappa shape index (κ3) is 6.00. The third-order valence-corrected chi connectivity index (χ3v) is 6.44. The minimum atomic E-state index is -0.513. The highest BCUT2D eigenvalue weighted by Gasteiger charge is 2.27. The van der Waals surface area contributed by atoms with Crippen molar-refractivity contribution in [3.05, 3.63) is 77.7 Å². The number of nitrogens with zero attached hydrogens (tertiary/aromatic N) is 1. The quantitative estimate of drug-likeness (QED) is 0.478. The van der Waals surface area contributed by atoms with E-state index in [-0.39, 0.29) is 11.7 Å². The SMILES string of the molecule is C=C1OC(c2ccc(C#CC3CC/C(=C/C(C)=O)C3)cc2)=CC1CC1C=CN=C([C@H](C)O)C1. The Morgan fingerprint density at radius 2 is 2.12 bits per heavy atom. The predicted octanol–water partition coefficient (Wildman–Crippen LogP) is 5.60. The number of rotatable bonds is 5. The van der Waals surface area contributed by atoms with Crippen LogP contribution >= 0.6 is 0 Å². The first-order chi connectivity index (χ1) is 15.9. The maximum atomic E-state index is 11.3. The third-order valence-electron chi connectivity index (χ3n) is 6.44. The van der Waals surface area contributed by atoms with Crippen molar-refractivity contribution in [2.45, 2.75) is 52.1 Å².